The molecule has 0 aliphatic rings. The molecular formula is C7H6O5P-. The molecule has 0 saturated carbocycles. The molecule has 0 aliphatic heterocycles. The van der Waals surface area contributed by atoms with Gasteiger partial charge in [0.15, 0.2) is 5.71 Å². The highest BCUT2D eigenvalue weighted by molar-refractivity contribution is 7.70. The molecule has 1 N–H and O–H groups in total. The normalized spacial score (nSPS) is 15.5. The van der Waals surface area contributed by atoms with Crippen LogP contribution >= 0.6 is 7.60 Å². The van der Waals surface area contributed by atoms with Crippen LogP contribution in [0.25, 0.3) is 0 Å². The standard InChI is InChI=1S/C7H7O5P/c8-7(9)13(10,11)12-6-4-2-1-3-5-6/h1-5H,(H,8,9)(H,10,11)/p-1/i/hD. The van der Waals surface area contributed by atoms with Gasteiger partial charge in [0.1, 0.15) is 5.75 Å². The van der Waals surface area contributed by atoms with Crippen molar-refractivity contribution in [2.24, 2.45) is 0 Å². The summed E-state index contributed by atoms with van der Waals surface area (Å²) in [5.41, 5.74) is -2.05. The lowest BCUT2D eigenvalue weighted by molar-refractivity contribution is -0.236. The first-order valence-corrected chi connectivity index (χ1v) is 4.84. The van der Waals surface area contributed by atoms with Gasteiger partial charge in [-0.1, -0.05) is 18.2 Å². The van der Waals surface area contributed by atoms with Crippen LogP contribution in [0.5, 0.6) is 5.75 Å². The predicted molar refractivity (Wildman–Crippen MR) is 42.3 cm³/mol. The number of benzene rings is 1. The zero-order valence-corrected chi connectivity index (χ0v) is 7.27. The van der Waals surface area contributed by atoms with Crippen LogP contribution < -0.4 is 9.63 Å². The first-order valence-electron chi connectivity index (χ1n) is 3.70. The van der Waals surface area contributed by atoms with E-state index in [9.17, 15) is 14.5 Å². The summed E-state index contributed by atoms with van der Waals surface area (Å²) in [5.74, 6) is 0.0345. The molecule has 1 atom stereocenters. The third-order valence-corrected chi connectivity index (χ3v) is 2.09. The Morgan fingerprint density at radius 3 is 2.62 bits per heavy atom. The Morgan fingerprint density at radius 2 is 2.15 bits per heavy atom. The fourth-order valence-electron chi connectivity index (χ4n) is 0.657. The van der Waals surface area contributed by atoms with Crippen LogP contribution in [0, 0.1) is 0 Å². The summed E-state index contributed by atoms with van der Waals surface area (Å²) in [6.07, 6.45) is 0. The first kappa shape index (κ1) is 8.29. The molecule has 1 rings (SSSR count). The quantitative estimate of drug-likeness (QED) is 0.722. The Kier molecular flexibility index (Phi) is 2.29. The fourth-order valence-corrected chi connectivity index (χ4v) is 1.13. The molecule has 0 aliphatic carbocycles. The summed E-state index contributed by atoms with van der Waals surface area (Å²) >= 11 is 0. The number of hydrogen-bond acceptors (Lipinski definition) is 5. The average molecular weight is 202 g/mol. The van der Waals surface area contributed by atoms with Gasteiger partial charge >= 0.3 is 7.60 Å². The summed E-state index contributed by atoms with van der Waals surface area (Å²) < 4.78 is 22.0. The van der Waals surface area contributed by atoms with Crippen LogP contribution in [0.15, 0.2) is 30.3 Å². The lowest BCUT2D eigenvalue weighted by Crippen LogP contribution is -2.22. The number of carboxylic acid groups (broad SMARTS) is 1. The maximum atomic E-state index is 11.2. The van der Waals surface area contributed by atoms with Crippen LogP contribution in [-0.4, -0.2) is 12.0 Å². The van der Waals surface area contributed by atoms with Crippen molar-refractivity contribution in [1.82, 2.24) is 0 Å². The average Bonchev–Trinajstić information content (AvgIpc) is 2.19. The van der Waals surface area contributed by atoms with Crippen molar-refractivity contribution in [3.05, 3.63) is 30.3 Å². The van der Waals surface area contributed by atoms with Crippen molar-refractivity contribution in [3.8, 4) is 5.75 Å². The largest absolute Gasteiger partial charge is 0.537 e. The zero-order valence-electron chi connectivity index (χ0n) is 7.38. The summed E-state index contributed by atoms with van der Waals surface area (Å²) in [6.45, 7) is 0. The minimum atomic E-state index is -4.52. The van der Waals surface area contributed by atoms with Gasteiger partial charge in [-0.25, -0.2) is 4.57 Å². The highest BCUT2D eigenvalue weighted by atomic mass is 31.2. The van der Waals surface area contributed by atoms with E-state index in [-0.39, 0.29) is 5.75 Å². The van der Waals surface area contributed by atoms with Crippen LogP contribution in [0.2, 0.25) is 0 Å². The molecule has 0 saturated heterocycles. The van der Waals surface area contributed by atoms with E-state index in [0.717, 1.165) is 0 Å². The van der Waals surface area contributed by atoms with Crippen molar-refractivity contribution < 1.29 is 23.9 Å². The third kappa shape index (κ3) is 2.57. The van der Waals surface area contributed by atoms with E-state index < -0.39 is 13.3 Å². The molecular weight excluding hydrogens is 195 g/mol. The molecule has 0 radical (unpaired) electrons. The number of carbonyl (C=O) groups excluding carboxylic acids is 1. The predicted octanol–water partition coefficient (Wildman–Crippen LogP) is 0.594. The van der Waals surface area contributed by atoms with Crippen LogP contribution in [-0.2, 0) is 4.57 Å². The van der Waals surface area contributed by atoms with Crippen LogP contribution in [0.4, 0.5) is 4.79 Å². The van der Waals surface area contributed by atoms with Gasteiger partial charge in [0, 0.05) is 0 Å². The molecule has 1 aromatic carbocycles. The molecule has 6 heteroatoms. The Hall–Kier alpha value is -1.32. The topological polar surface area (TPSA) is 86.7 Å². The second-order valence-corrected chi connectivity index (χ2v) is 3.71. The van der Waals surface area contributed by atoms with Crippen molar-refractivity contribution >= 4 is 13.3 Å². The van der Waals surface area contributed by atoms with E-state index in [1.54, 1.807) is 18.2 Å². The van der Waals surface area contributed by atoms with Gasteiger partial charge in [-0.05, 0) is 12.1 Å². The molecule has 0 aromatic heterocycles. The number of hydrogen-bond donors (Lipinski definition) is 1. The SMILES string of the molecule is [2H]OP(=O)(Oc1ccccc1)C(=O)[O-]. The van der Waals surface area contributed by atoms with Crippen molar-refractivity contribution in [1.29, 1.82) is 1.43 Å². The molecule has 13 heavy (non-hydrogen) atoms. The summed E-state index contributed by atoms with van der Waals surface area (Å²) in [7, 11) is -4.52. The van der Waals surface area contributed by atoms with E-state index in [4.69, 9.17) is 1.43 Å². The number of para-hydroxylation sites is 1. The first-order chi connectivity index (χ1) is 6.58. The van der Waals surface area contributed by atoms with E-state index >= 15 is 0 Å². The molecule has 1 unspecified atom stereocenters. The second-order valence-electron chi connectivity index (χ2n) is 2.17. The number of carbonyl (C=O) groups is 1. The monoisotopic (exact) mass is 202 g/mol. The highest BCUT2D eigenvalue weighted by Gasteiger charge is 2.22. The Balaban J connectivity index is 2.87. The van der Waals surface area contributed by atoms with Gasteiger partial charge in [0.05, 0.1) is 0 Å². The van der Waals surface area contributed by atoms with Gasteiger partial charge in [0.2, 0.25) is 1.43 Å². The molecule has 0 amide bonds. The van der Waals surface area contributed by atoms with E-state index in [1.807, 2.05) is 0 Å². The lowest BCUT2D eigenvalue weighted by Gasteiger charge is -2.12. The Labute approximate surface area is 75.6 Å². The highest BCUT2D eigenvalue weighted by Crippen LogP contribution is 2.41. The maximum absolute atomic E-state index is 11.2. The van der Waals surface area contributed by atoms with Crippen molar-refractivity contribution in [3.63, 3.8) is 0 Å². The molecule has 0 heterocycles. The molecule has 0 fully saturated rings. The zero-order chi connectivity index (χ0) is 10.6. The number of rotatable bonds is 4. The summed E-state index contributed by atoms with van der Waals surface area (Å²) in [6, 6.07) is 7.54. The van der Waals surface area contributed by atoms with Crippen LogP contribution in [0.1, 0.15) is 0 Å². The maximum Gasteiger partial charge on any atom is 0.423 e. The molecule has 70 valence electrons. The summed E-state index contributed by atoms with van der Waals surface area (Å²) in [4.78, 5) is 13.8. The molecule has 1 aromatic rings. The Morgan fingerprint density at radius 1 is 1.54 bits per heavy atom. The smallest absolute Gasteiger partial charge is 0.423 e. The van der Waals surface area contributed by atoms with Crippen molar-refractivity contribution in [2.45, 2.75) is 0 Å². The van der Waals surface area contributed by atoms with E-state index in [2.05, 4.69) is 9.42 Å². The van der Waals surface area contributed by atoms with Gasteiger partial charge in [-0.2, -0.15) is 0 Å². The fraction of sp³-hybridized carbons (Fsp3) is 0. The minimum absolute atomic E-state index is 0.0345. The van der Waals surface area contributed by atoms with E-state index in [1.165, 1.54) is 12.1 Å². The molecule has 0 bridgehead atoms. The van der Waals surface area contributed by atoms with Gasteiger partial charge in [-0.15, -0.1) is 0 Å². The Bertz CT molecular complexity index is 366. The van der Waals surface area contributed by atoms with Crippen molar-refractivity contribution in [2.75, 3.05) is 0 Å². The van der Waals surface area contributed by atoms with E-state index in [0.29, 0.717) is 0 Å². The molecule has 0 spiro atoms. The van der Waals surface area contributed by atoms with Gasteiger partial charge in [-0.3, -0.25) is 0 Å². The molecule has 5 nitrogen and oxygen atoms in total. The lowest BCUT2D eigenvalue weighted by atomic mass is 10.3. The summed E-state index contributed by atoms with van der Waals surface area (Å²) in [5, 5.41) is 10.3. The van der Waals surface area contributed by atoms with Crippen LogP contribution in [0.3, 0.4) is 0 Å². The minimum Gasteiger partial charge on any atom is -0.537 e. The third-order valence-electron chi connectivity index (χ3n) is 1.19. The van der Waals surface area contributed by atoms with Gasteiger partial charge in [0.25, 0.3) is 0 Å². The second kappa shape index (κ2) is 3.60. The van der Waals surface area contributed by atoms with Gasteiger partial charge < -0.3 is 19.3 Å².